The molecule has 2 rings (SSSR count). The van der Waals surface area contributed by atoms with Crippen molar-refractivity contribution < 1.29 is 9.13 Å². The number of halogens is 1. The van der Waals surface area contributed by atoms with Crippen LogP contribution in [0.1, 0.15) is 12.5 Å². The number of methoxy groups -OCH3 is 1. The maximum Gasteiger partial charge on any atom is 0.123 e. The molecule has 0 bridgehead atoms. The van der Waals surface area contributed by atoms with Crippen LogP contribution in [0.25, 0.3) is 0 Å². The van der Waals surface area contributed by atoms with E-state index in [9.17, 15) is 4.39 Å². The van der Waals surface area contributed by atoms with Crippen LogP contribution < -0.4 is 10.5 Å². The van der Waals surface area contributed by atoms with Crippen molar-refractivity contribution in [3.05, 3.63) is 53.8 Å². The molecule has 2 aromatic carbocycles. The maximum atomic E-state index is 13.4. The zero-order valence-electron chi connectivity index (χ0n) is 11.6. The molecular formula is C16H18FNOS. The fourth-order valence-corrected chi connectivity index (χ4v) is 2.93. The second kappa shape index (κ2) is 6.77. The Balaban J connectivity index is 2.27. The molecule has 4 heteroatoms. The van der Waals surface area contributed by atoms with Crippen molar-refractivity contribution in [1.82, 2.24) is 0 Å². The summed E-state index contributed by atoms with van der Waals surface area (Å²) in [4.78, 5) is 2.08. The SMILES string of the molecule is COc1cccc(Sc2ccc(F)cc2CC(C)N)c1. The zero-order chi connectivity index (χ0) is 14.5. The van der Waals surface area contributed by atoms with Gasteiger partial charge in [-0.05, 0) is 55.3 Å². The van der Waals surface area contributed by atoms with Crippen LogP contribution in [0.2, 0.25) is 0 Å². The largest absolute Gasteiger partial charge is 0.497 e. The van der Waals surface area contributed by atoms with Crippen molar-refractivity contribution >= 4 is 11.8 Å². The van der Waals surface area contributed by atoms with Crippen molar-refractivity contribution in [2.45, 2.75) is 29.2 Å². The highest BCUT2D eigenvalue weighted by molar-refractivity contribution is 7.99. The molecule has 106 valence electrons. The van der Waals surface area contributed by atoms with E-state index < -0.39 is 0 Å². The molecule has 0 saturated carbocycles. The monoisotopic (exact) mass is 291 g/mol. The quantitative estimate of drug-likeness (QED) is 0.908. The summed E-state index contributed by atoms with van der Waals surface area (Å²) in [5, 5.41) is 0. The minimum absolute atomic E-state index is 0.00135. The van der Waals surface area contributed by atoms with E-state index in [0.717, 1.165) is 21.1 Å². The fourth-order valence-electron chi connectivity index (χ4n) is 1.95. The standard InChI is InChI=1S/C16H18FNOS/c1-11(18)8-12-9-13(17)6-7-16(12)20-15-5-3-4-14(10-15)19-2/h3-7,9-11H,8,18H2,1-2H3. The summed E-state index contributed by atoms with van der Waals surface area (Å²) in [5.74, 6) is 0.585. The van der Waals surface area contributed by atoms with Crippen LogP contribution >= 0.6 is 11.8 Å². The molecule has 0 aliphatic heterocycles. The molecular weight excluding hydrogens is 273 g/mol. The van der Waals surface area contributed by atoms with Gasteiger partial charge in [-0.15, -0.1) is 0 Å². The van der Waals surface area contributed by atoms with Crippen LogP contribution in [-0.2, 0) is 6.42 Å². The Labute approximate surface area is 123 Å². The first-order valence-electron chi connectivity index (χ1n) is 6.44. The van der Waals surface area contributed by atoms with E-state index in [-0.39, 0.29) is 11.9 Å². The number of rotatable bonds is 5. The average Bonchev–Trinajstić information content (AvgIpc) is 2.41. The predicted octanol–water partition coefficient (Wildman–Crippen LogP) is 3.88. The van der Waals surface area contributed by atoms with Gasteiger partial charge in [0.15, 0.2) is 0 Å². The summed E-state index contributed by atoms with van der Waals surface area (Å²) in [5.41, 5.74) is 6.77. The second-order valence-electron chi connectivity index (χ2n) is 4.71. The number of ether oxygens (including phenoxy) is 1. The molecule has 0 heterocycles. The van der Waals surface area contributed by atoms with Crippen molar-refractivity contribution in [2.75, 3.05) is 7.11 Å². The molecule has 0 fully saturated rings. The minimum Gasteiger partial charge on any atom is -0.497 e. The van der Waals surface area contributed by atoms with E-state index in [0.29, 0.717) is 6.42 Å². The smallest absolute Gasteiger partial charge is 0.123 e. The molecule has 1 atom stereocenters. The molecule has 1 unspecified atom stereocenters. The van der Waals surface area contributed by atoms with Gasteiger partial charge in [-0.1, -0.05) is 17.8 Å². The molecule has 0 aliphatic carbocycles. The number of nitrogens with two attached hydrogens (primary N) is 1. The second-order valence-corrected chi connectivity index (χ2v) is 5.83. The summed E-state index contributed by atoms with van der Waals surface area (Å²) in [7, 11) is 1.64. The lowest BCUT2D eigenvalue weighted by Crippen LogP contribution is -2.18. The van der Waals surface area contributed by atoms with Gasteiger partial charge in [-0.3, -0.25) is 0 Å². The first kappa shape index (κ1) is 14.9. The molecule has 0 aliphatic rings. The Hall–Kier alpha value is -1.52. The molecule has 0 spiro atoms. The lowest BCUT2D eigenvalue weighted by Gasteiger charge is -2.12. The van der Waals surface area contributed by atoms with E-state index in [1.165, 1.54) is 6.07 Å². The van der Waals surface area contributed by atoms with Gasteiger partial charge < -0.3 is 10.5 Å². The highest BCUT2D eigenvalue weighted by Crippen LogP contribution is 2.33. The summed E-state index contributed by atoms with van der Waals surface area (Å²) >= 11 is 1.59. The normalized spacial score (nSPS) is 12.2. The van der Waals surface area contributed by atoms with Gasteiger partial charge in [0.1, 0.15) is 11.6 Å². The van der Waals surface area contributed by atoms with Crippen LogP contribution in [0.4, 0.5) is 4.39 Å². The lowest BCUT2D eigenvalue weighted by molar-refractivity contribution is 0.413. The van der Waals surface area contributed by atoms with Crippen LogP contribution in [0.5, 0.6) is 5.75 Å². The van der Waals surface area contributed by atoms with Gasteiger partial charge in [-0.25, -0.2) is 4.39 Å². The highest BCUT2D eigenvalue weighted by Gasteiger charge is 2.09. The van der Waals surface area contributed by atoms with E-state index in [1.807, 2.05) is 31.2 Å². The Morgan fingerprint density at radius 2 is 2.05 bits per heavy atom. The molecule has 2 aromatic rings. The maximum absolute atomic E-state index is 13.4. The van der Waals surface area contributed by atoms with Gasteiger partial charge in [0, 0.05) is 15.8 Å². The van der Waals surface area contributed by atoms with Crippen LogP contribution in [0.15, 0.2) is 52.3 Å². The topological polar surface area (TPSA) is 35.2 Å². The first-order valence-corrected chi connectivity index (χ1v) is 7.26. The van der Waals surface area contributed by atoms with Gasteiger partial charge >= 0.3 is 0 Å². The number of hydrogen-bond acceptors (Lipinski definition) is 3. The van der Waals surface area contributed by atoms with E-state index >= 15 is 0 Å². The zero-order valence-corrected chi connectivity index (χ0v) is 12.4. The van der Waals surface area contributed by atoms with Gasteiger partial charge in [0.05, 0.1) is 7.11 Å². The summed E-state index contributed by atoms with van der Waals surface area (Å²) in [6, 6.07) is 12.7. The highest BCUT2D eigenvalue weighted by atomic mass is 32.2. The molecule has 0 saturated heterocycles. The third-order valence-electron chi connectivity index (χ3n) is 2.83. The Kier molecular flexibility index (Phi) is 5.04. The summed E-state index contributed by atoms with van der Waals surface area (Å²) in [6.45, 7) is 1.92. The number of hydrogen-bond donors (Lipinski definition) is 1. The van der Waals surface area contributed by atoms with E-state index in [2.05, 4.69) is 0 Å². The number of benzene rings is 2. The Bertz CT molecular complexity index is 586. The average molecular weight is 291 g/mol. The van der Waals surface area contributed by atoms with E-state index in [4.69, 9.17) is 10.5 Å². The molecule has 2 nitrogen and oxygen atoms in total. The minimum atomic E-state index is -0.226. The fraction of sp³-hybridized carbons (Fsp3) is 0.250. The third-order valence-corrected chi connectivity index (χ3v) is 3.94. The van der Waals surface area contributed by atoms with Crippen molar-refractivity contribution in [3.8, 4) is 5.75 Å². The van der Waals surface area contributed by atoms with Crippen LogP contribution in [-0.4, -0.2) is 13.2 Å². The third kappa shape index (κ3) is 3.99. The van der Waals surface area contributed by atoms with E-state index in [1.54, 1.807) is 31.0 Å². The summed E-state index contributed by atoms with van der Waals surface area (Å²) in [6.07, 6.45) is 0.657. The lowest BCUT2D eigenvalue weighted by atomic mass is 10.1. The Morgan fingerprint density at radius 1 is 1.25 bits per heavy atom. The van der Waals surface area contributed by atoms with Gasteiger partial charge in [0.25, 0.3) is 0 Å². The van der Waals surface area contributed by atoms with Gasteiger partial charge in [0.2, 0.25) is 0 Å². The summed E-state index contributed by atoms with van der Waals surface area (Å²) < 4.78 is 18.6. The molecule has 0 radical (unpaired) electrons. The first-order chi connectivity index (χ1) is 9.58. The van der Waals surface area contributed by atoms with Crippen molar-refractivity contribution in [1.29, 1.82) is 0 Å². The van der Waals surface area contributed by atoms with Crippen molar-refractivity contribution in [2.24, 2.45) is 5.73 Å². The van der Waals surface area contributed by atoms with Crippen LogP contribution in [0.3, 0.4) is 0 Å². The van der Waals surface area contributed by atoms with Crippen LogP contribution in [0, 0.1) is 5.82 Å². The molecule has 2 N–H and O–H groups in total. The van der Waals surface area contributed by atoms with Gasteiger partial charge in [-0.2, -0.15) is 0 Å². The molecule has 20 heavy (non-hydrogen) atoms. The Morgan fingerprint density at radius 3 is 2.75 bits per heavy atom. The predicted molar refractivity (Wildman–Crippen MR) is 80.9 cm³/mol. The van der Waals surface area contributed by atoms with Crippen molar-refractivity contribution in [3.63, 3.8) is 0 Å². The molecule has 0 amide bonds. The molecule has 0 aromatic heterocycles.